The monoisotopic (exact) mass is 417 g/mol. The summed E-state index contributed by atoms with van der Waals surface area (Å²) >= 11 is 6.19. The van der Waals surface area contributed by atoms with Gasteiger partial charge in [-0.25, -0.2) is 4.98 Å². The number of halogens is 1. The average molecular weight is 418 g/mol. The Morgan fingerprint density at radius 2 is 1.86 bits per heavy atom. The zero-order chi connectivity index (χ0) is 21.0. The summed E-state index contributed by atoms with van der Waals surface area (Å²) in [6.07, 6.45) is 3.98. The number of nitrogens with one attached hydrogen (secondary N) is 4. The predicted molar refractivity (Wildman–Crippen MR) is 110 cm³/mol. The zero-order valence-electron chi connectivity index (χ0n) is 16.3. The van der Waals surface area contributed by atoms with Gasteiger partial charge in [-0.15, -0.1) is 0 Å². The van der Waals surface area contributed by atoms with Gasteiger partial charge in [-0.1, -0.05) is 17.7 Å². The molecule has 0 saturated heterocycles. The minimum atomic E-state index is -0.424. The highest BCUT2D eigenvalue weighted by Gasteiger charge is 2.29. The Morgan fingerprint density at radius 1 is 1.14 bits per heavy atom. The minimum Gasteiger partial charge on any atom is -0.354 e. The van der Waals surface area contributed by atoms with E-state index in [-0.39, 0.29) is 35.2 Å². The molecule has 0 radical (unpaired) electrons. The van der Waals surface area contributed by atoms with Crippen LogP contribution < -0.4 is 16.0 Å². The van der Waals surface area contributed by atoms with Gasteiger partial charge in [-0.2, -0.15) is 0 Å². The predicted octanol–water partition coefficient (Wildman–Crippen LogP) is 2.66. The van der Waals surface area contributed by atoms with E-state index in [1.54, 1.807) is 6.07 Å². The van der Waals surface area contributed by atoms with Crippen molar-refractivity contribution in [3.8, 4) is 0 Å². The van der Waals surface area contributed by atoms with E-state index in [1.165, 1.54) is 13.4 Å². The molecule has 0 aliphatic heterocycles. The number of aromatic nitrogens is 2. The Labute approximate surface area is 173 Å². The summed E-state index contributed by atoms with van der Waals surface area (Å²) in [4.78, 5) is 43.4. The van der Waals surface area contributed by atoms with Crippen LogP contribution in [0.15, 0.2) is 24.5 Å². The Hall–Kier alpha value is -2.87. The summed E-state index contributed by atoms with van der Waals surface area (Å²) < 4.78 is 0. The van der Waals surface area contributed by atoms with Crippen molar-refractivity contribution in [1.82, 2.24) is 20.6 Å². The topological polar surface area (TPSA) is 116 Å². The molecule has 4 N–H and O–H groups in total. The summed E-state index contributed by atoms with van der Waals surface area (Å²) in [6.45, 7) is 1.94. The Kier molecular flexibility index (Phi) is 6.53. The van der Waals surface area contributed by atoms with Crippen LogP contribution in [-0.4, -0.2) is 40.8 Å². The molecule has 0 atom stereocenters. The van der Waals surface area contributed by atoms with Gasteiger partial charge in [0.25, 0.3) is 11.8 Å². The van der Waals surface area contributed by atoms with Gasteiger partial charge in [0.05, 0.1) is 17.0 Å². The molecule has 1 aliphatic rings. The molecule has 3 amide bonds. The van der Waals surface area contributed by atoms with Gasteiger partial charge in [-0.3, -0.25) is 14.4 Å². The maximum Gasteiger partial charge on any atom is 0.272 e. The second-order valence-electron chi connectivity index (χ2n) is 7.20. The molecule has 2 aromatic rings. The van der Waals surface area contributed by atoms with Crippen molar-refractivity contribution in [1.29, 1.82) is 0 Å². The first kappa shape index (κ1) is 20.9. The van der Waals surface area contributed by atoms with Crippen LogP contribution in [0.2, 0.25) is 5.02 Å². The number of nitrogens with zero attached hydrogens (tertiary/aromatic N) is 1. The molecule has 1 aliphatic carbocycles. The lowest BCUT2D eigenvalue weighted by molar-refractivity contribution is -0.120. The number of carbonyl (C=O) groups excluding carboxylic acids is 3. The SMILES string of the molecule is CNC(=O)c1nc[nH]c1C(=O)N[C@H]1CC[C@H](C(=O)Nc2ccc(C)cc2Cl)CC1. The first-order chi connectivity index (χ1) is 13.9. The van der Waals surface area contributed by atoms with Crippen molar-refractivity contribution in [2.24, 2.45) is 5.92 Å². The van der Waals surface area contributed by atoms with Crippen molar-refractivity contribution >= 4 is 35.0 Å². The minimum absolute atomic E-state index is 0.0593. The molecule has 8 nitrogen and oxygen atoms in total. The van der Waals surface area contributed by atoms with Crippen molar-refractivity contribution in [2.45, 2.75) is 38.6 Å². The second kappa shape index (κ2) is 9.09. The van der Waals surface area contributed by atoms with E-state index in [4.69, 9.17) is 11.6 Å². The first-order valence-corrected chi connectivity index (χ1v) is 9.90. The maximum atomic E-state index is 12.6. The number of imidazole rings is 1. The molecule has 9 heteroatoms. The van der Waals surface area contributed by atoms with Gasteiger partial charge in [0, 0.05) is 19.0 Å². The highest BCUT2D eigenvalue weighted by molar-refractivity contribution is 6.33. The van der Waals surface area contributed by atoms with Gasteiger partial charge in [0.2, 0.25) is 5.91 Å². The number of rotatable bonds is 5. The number of hydrogen-bond donors (Lipinski definition) is 4. The van der Waals surface area contributed by atoms with Gasteiger partial charge >= 0.3 is 0 Å². The molecule has 1 saturated carbocycles. The van der Waals surface area contributed by atoms with Gasteiger partial charge < -0.3 is 20.9 Å². The van der Waals surface area contributed by atoms with Gasteiger partial charge in [0.1, 0.15) is 5.69 Å². The lowest BCUT2D eigenvalue weighted by Gasteiger charge is -2.28. The molecule has 0 spiro atoms. The van der Waals surface area contributed by atoms with Crippen LogP contribution in [0, 0.1) is 12.8 Å². The summed E-state index contributed by atoms with van der Waals surface area (Å²) in [7, 11) is 1.48. The van der Waals surface area contributed by atoms with Gasteiger partial charge in [-0.05, 0) is 50.3 Å². The standard InChI is InChI=1S/C20H24ClN5O3/c1-11-3-8-15(14(21)9-11)26-18(27)12-4-6-13(7-5-12)25-20(29)17-16(19(28)22-2)23-10-24-17/h3,8-10,12-13H,4-7H2,1-2H3,(H,22,28)(H,23,24)(H,25,29)(H,26,27)/t12-,13-. The van der Waals surface area contributed by atoms with Crippen molar-refractivity contribution in [3.05, 3.63) is 46.5 Å². The van der Waals surface area contributed by atoms with Crippen LogP contribution >= 0.6 is 11.6 Å². The fourth-order valence-electron chi connectivity index (χ4n) is 3.47. The molecule has 1 fully saturated rings. The fraction of sp³-hybridized carbons (Fsp3) is 0.400. The molecule has 1 heterocycles. The number of anilines is 1. The first-order valence-electron chi connectivity index (χ1n) is 9.52. The fourth-order valence-corrected chi connectivity index (χ4v) is 3.75. The van der Waals surface area contributed by atoms with E-state index in [1.807, 2.05) is 19.1 Å². The summed E-state index contributed by atoms with van der Waals surface area (Å²) in [5, 5.41) is 8.79. The Balaban J connectivity index is 1.52. The zero-order valence-corrected chi connectivity index (χ0v) is 17.1. The van der Waals surface area contributed by atoms with Crippen LogP contribution in [-0.2, 0) is 4.79 Å². The van der Waals surface area contributed by atoms with Crippen LogP contribution in [0.25, 0.3) is 0 Å². The van der Waals surface area contributed by atoms with E-state index in [0.29, 0.717) is 36.4 Å². The number of H-pyrrole nitrogens is 1. The molecule has 154 valence electrons. The van der Waals surface area contributed by atoms with Crippen molar-refractivity contribution in [3.63, 3.8) is 0 Å². The number of aromatic amines is 1. The quantitative estimate of drug-likeness (QED) is 0.598. The summed E-state index contributed by atoms with van der Waals surface area (Å²) in [6, 6.07) is 5.45. The van der Waals surface area contributed by atoms with Crippen molar-refractivity contribution < 1.29 is 14.4 Å². The van der Waals surface area contributed by atoms with E-state index >= 15 is 0 Å². The van der Waals surface area contributed by atoms with Crippen LogP contribution in [0.1, 0.15) is 52.2 Å². The Bertz CT molecular complexity index is 919. The molecule has 3 rings (SSSR count). The summed E-state index contributed by atoms with van der Waals surface area (Å²) in [5.74, 6) is -0.989. The molecule has 1 aromatic heterocycles. The smallest absolute Gasteiger partial charge is 0.272 e. The van der Waals surface area contributed by atoms with Crippen molar-refractivity contribution in [2.75, 3.05) is 12.4 Å². The number of amides is 3. The highest BCUT2D eigenvalue weighted by Crippen LogP contribution is 2.28. The molecule has 1 aromatic carbocycles. The number of hydrogen-bond acceptors (Lipinski definition) is 4. The van der Waals surface area contributed by atoms with Gasteiger partial charge in [0.15, 0.2) is 5.69 Å². The van der Waals surface area contributed by atoms with E-state index in [2.05, 4.69) is 25.9 Å². The molecule has 29 heavy (non-hydrogen) atoms. The molecular weight excluding hydrogens is 394 g/mol. The molecule has 0 unspecified atom stereocenters. The number of benzene rings is 1. The highest BCUT2D eigenvalue weighted by atomic mass is 35.5. The third kappa shape index (κ3) is 4.95. The number of carbonyl (C=O) groups is 3. The summed E-state index contributed by atoms with van der Waals surface area (Å²) in [5.41, 5.74) is 1.84. The van der Waals surface area contributed by atoms with E-state index < -0.39 is 5.91 Å². The maximum absolute atomic E-state index is 12.6. The van der Waals surface area contributed by atoms with E-state index in [9.17, 15) is 14.4 Å². The van der Waals surface area contributed by atoms with Crippen LogP contribution in [0.3, 0.4) is 0 Å². The lowest BCUT2D eigenvalue weighted by Crippen LogP contribution is -2.40. The molecule has 0 bridgehead atoms. The third-order valence-corrected chi connectivity index (χ3v) is 5.44. The lowest BCUT2D eigenvalue weighted by atomic mass is 9.85. The second-order valence-corrected chi connectivity index (χ2v) is 7.61. The van der Waals surface area contributed by atoms with Crippen LogP contribution in [0.4, 0.5) is 5.69 Å². The van der Waals surface area contributed by atoms with E-state index in [0.717, 1.165) is 5.56 Å². The average Bonchev–Trinajstić information content (AvgIpc) is 3.20. The normalized spacial score (nSPS) is 18.7. The largest absolute Gasteiger partial charge is 0.354 e. The van der Waals surface area contributed by atoms with Crippen LogP contribution in [0.5, 0.6) is 0 Å². The Morgan fingerprint density at radius 3 is 2.52 bits per heavy atom. The number of aryl methyl sites for hydroxylation is 1. The third-order valence-electron chi connectivity index (χ3n) is 5.12. The molecular formula is C20H24ClN5O3.